The van der Waals surface area contributed by atoms with Crippen molar-refractivity contribution >= 4 is 17.5 Å². The molecule has 0 atom stereocenters. The lowest BCUT2D eigenvalue weighted by atomic mass is 10.2. The molecule has 148 valence electrons. The number of rotatable bonds is 6. The fourth-order valence-corrected chi connectivity index (χ4v) is 3.28. The van der Waals surface area contributed by atoms with Gasteiger partial charge in [-0.3, -0.25) is 9.59 Å². The van der Waals surface area contributed by atoms with Gasteiger partial charge in [0.2, 0.25) is 5.91 Å². The first-order valence-corrected chi connectivity index (χ1v) is 9.67. The van der Waals surface area contributed by atoms with Crippen LogP contribution in [-0.4, -0.2) is 56.0 Å². The van der Waals surface area contributed by atoms with E-state index in [4.69, 9.17) is 4.74 Å². The quantitative estimate of drug-likeness (QED) is 0.835. The van der Waals surface area contributed by atoms with Crippen molar-refractivity contribution in [3.8, 4) is 5.75 Å². The molecule has 0 aliphatic carbocycles. The molecule has 1 heterocycles. The van der Waals surface area contributed by atoms with E-state index < -0.39 is 0 Å². The van der Waals surface area contributed by atoms with Crippen LogP contribution in [0, 0.1) is 6.92 Å². The normalized spacial score (nSPS) is 13.9. The summed E-state index contributed by atoms with van der Waals surface area (Å²) in [5.74, 6) is 0.416. The van der Waals surface area contributed by atoms with E-state index in [9.17, 15) is 9.59 Å². The zero-order chi connectivity index (χ0) is 19.9. The summed E-state index contributed by atoms with van der Waals surface area (Å²) in [7, 11) is 0. The Morgan fingerprint density at radius 3 is 2.39 bits per heavy atom. The Hall–Kier alpha value is -3.02. The van der Waals surface area contributed by atoms with Crippen LogP contribution in [0.15, 0.2) is 48.5 Å². The van der Waals surface area contributed by atoms with E-state index in [-0.39, 0.29) is 18.4 Å². The summed E-state index contributed by atoms with van der Waals surface area (Å²) in [6, 6.07) is 15.3. The fourth-order valence-electron chi connectivity index (χ4n) is 3.28. The Labute approximate surface area is 166 Å². The number of hydrogen-bond acceptors (Lipinski definition) is 4. The van der Waals surface area contributed by atoms with Crippen LogP contribution in [0.25, 0.3) is 0 Å². The molecule has 6 heteroatoms. The van der Waals surface area contributed by atoms with E-state index in [2.05, 4.69) is 41.4 Å². The Morgan fingerprint density at radius 1 is 1.04 bits per heavy atom. The summed E-state index contributed by atoms with van der Waals surface area (Å²) in [5.41, 5.74) is 2.93. The van der Waals surface area contributed by atoms with Gasteiger partial charge >= 0.3 is 0 Å². The van der Waals surface area contributed by atoms with E-state index in [1.165, 1.54) is 11.3 Å². The van der Waals surface area contributed by atoms with Crippen LogP contribution < -0.4 is 15.0 Å². The Balaban J connectivity index is 1.46. The maximum Gasteiger partial charge on any atom is 0.251 e. The molecule has 1 fully saturated rings. The lowest BCUT2D eigenvalue weighted by Gasteiger charge is -2.36. The molecule has 28 heavy (non-hydrogen) atoms. The number of hydrogen-bond donors (Lipinski definition) is 1. The van der Waals surface area contributed by atoms with Gasteiger partial charge < -0.3 is 19.9 Å². The van der Waals surface area contributed by atoms with Crippen LogP contribution in [0.5, 0.6) is 5.75 Å². The number of nitrogens with one attached hydrogen (secondary N) is 1. The second-order valence-corrected chi connectivity index (χ2v) is 6.85. The minimum atomic E-state index is -0.255. The van der Waals surface area contributed by atoms with Gasteiger partial charge in [0.1, 0.15) is 5.75 Å². The van der Waals surface area contributed by atoms with E-state index in [1.807, 2.05) is 11.8 Å². The first-order chi connectivity index (χ1) is 13.6. The Morgan fingerprint density at radius 2 is 1.75 bits per heavy atom. The van der Waals surface area contributed by atoms with Gasteiger partial charge in [0.15, 0.2) is 0 Å². The van der Waals surface area contributed by atoms with Crippen LogP contribution in [0.4, 0.5) is 5.69 Å². The second kappa shape index (κ2) is 9.26. The monoisotopic (exact) mass is 381 g/mol. The molecule has 3 rings (SSSR count). The first-order valence-electron chi connectivity index (χ1n) is 9.67. The van der Waals surface area contributed by atoms with Gasteiger partial charge in [0.25, 0.3) is 5.91 Å². The predicted octanol–water partition coefficient (Wildman–Crippen LogP) is 2.47. The first kappa shape index (κ1) is 19.7. The van der Waals surface area contributed by atoms with Crippen LogP contribution in [0.2, 0.25) is 0 Å². The maximum absolute atomic E-state index is 12.4. The number of nitrogens with zero attached hydrogens (tertiary/aromatic N) is 2. The van der Waals surface area contributed by atoms with Crippen molar-refractivity contribution in [2.45, 2.75) is 13.8 Å². The minimum absolute atomic E-state index is 0.0104. The molecule has 1 aliphatic rings. The molecule has 6 nitrogen and oxygen atoms in total. The molecule has 0 aromatic heterocycles. The van der Waals surface area contributed by atoms with Gasteiger partial charge in [-0.2, -0.15) is 0 Å². The van der Waals surface area contributed by atoms with E-state index in [0.29, 0.717) is 25.3 Å². The third kappa shape index (κ3) is 5.03. The molecule has 1 aliphatic heterocycles. The summed E-state index contributed by atoms with van der Waals surface area (Å²) in [5, 5.41) is 2.71. The number of carbonyl (C=O) groups is 2. The van der Waals surface area contributed by atoms with Crippen molar-refractivity contribution in [2.24, 2.45) is 0 Å². The predicted molar refractivity (Wildman–Crippen MR) is 110 cm³/mol. The summed E-state index contributed by atoms with van der Waals surface area (Å²) in [6.07, 6.45) is 0. The van der Waals surface area contributed by atoms with Crippen molar-refractivity contribution in [2.75, 3.05) is 44.2 Å². The topological polar surface area (TPSA) is 61.9 Å². The van der Waals surface area contributed by atoms with Crippen LogP contribution in [-0.2, 0) is 4.79 Å². The maximum atomic E-state index is 12.4. The zero-order valence-corrected chi connectivity index (χ0v) is 16.5. The lowest BCUT2D eigenvalue weighted by molar-refractivity contribution is -0.130. The summed E-state index contributed by atoms with van der Waals surface area (Å²) in [4.78, 5) is 28.8. The zero-order valence-electron chi connectivity index (χ0n) is 16.5. The Bertz CT molecular complexity index is 812. The molecular weight excluding hydrogens is 354 g/mol. The van der Waals surface area contributed by atoms with E-state index in [0.717, 1.165) is 18.8 Å². The molecule has 1 N–H and O–H groups in total. The smallest absolute Gasteiger partial charge is 0.251 e. The molecular formula is C22H27N3O3. The highest BCUT2D eigenvalue weighted by atomic mass is 16.5. The number of anilines is 1. The number of ether oxygens (including phenoxy) is 1. The molecule has 0 radical (unpaired) electrons. The highest BCUT2D eigenvalue weighted by Gasteiger charge is 2.21. The van der Waals surface area contributed by atoms with Crippen molar-refractivity contribution in [3.05, 3.63) is 59.7 Å². The summed E-state index contributed by atoms with van der Waals surface area (Å²) < 4.78 is 5.37. The van der Waals surface area contributed by atoms with Gasteiger partial charge in [-0.05, 0) is 55.8 Å². The minimum Gasteiger partial charge on any atom is -0.494 e. The molecule has 0 saturated carbocycles. The number of benzene rings is 2. The van der Waals surface area contributed by atoms with Gasteiger partial charge in [-0.15, -0.1) is 0 Å². The van der Waals surface area contributed by atoms with Crippen LogP contribution in [0.1, 0.15) is 22.8 Å². The number of carbonyl (C=O) groups excluding carboxylic acids is 2. The third-order valence-electron chi connectivity index (χ3n) is 4.83. The van der Waals surface area contributed by atoms with Gasteiger partial charge in [0.05, 0.1) is 13.2 Å². The average molecular weight is 381 g/mol. The van der Waals surface area contributed by atoms with Gasteiger partial charge in [0, 0.05) is 37.4 Å². The van der Waals surface area contributed by atoms with Crippen LogP contribution >= 0.6 is 0 Å². The summed E-state index contributed by atoms with van der Waals surface area (Å²) in [6.45, 7) is 7.48. The fraction of sp³-hybridized carbons (Fsp3) is 0.364. The lowest BCUT2D eigenvalue weighted by Crippen LogP contribution is -2.51. The number of amides is 2. The molecule has 0 unspecified atom stereocenters. The van der Waals surface area contributed by atoms with E-state index in [1.54, 1.807) is 24.3 Å². The second-order valence-electron chi connectivity index (χ2n) is 6.85. The molecule has 1 saturated heterocycles. The third-order valence-corrected chi connectivity index (χ3v) is 4.83. The largest absolute Gasteiger partial charge is 0.494 e. The van der Waals surface area contributed by atoms with Crippen molar-refractivity contribution < 1.29 is 14.3 Å². The molecule has 2 aromatic rings. The standard InChI is InChI=1S/C22H27N3O3/c1-3-28-20-9-7-18(8-10-20)22(27)23-16-21(26)25-13-11-24(12-14-25)19-6-4-5-17(2)15-19/h4-10,15H,3,11-14,16H2,1-2H3,(H,23,27). The SMILES string of the molecule is CCOc1ccc(C(=O)NCC(=O)N2CCN(c3cccc(C)c3)CC2)cc1. The Kier molecular flexibility index (Phi) is 6.53. The molecule has 2 amide bonds. The van der Waals surface area contributed by atoms with Crippen molar-refractivity contribution in [3.63, 3.8) is 0 Å². The van der Waals surface area contributed by atoms with E-state index >= 15 is 0 Å². The van der Waals surface area contributed by atoms with Gasteiger partial charge in [-0.25, -0.2) is 0 Å². The van der Waals surface area contributed by atoms with Crippen molar-refractivity contribution in [1.29, 1.82) is 0 Å². The molecule has 0 bridgehead atoms. The molecule has 2 aromatic carbocycles. The number of aryl methyl sites for hydroxylation is 1. The highest BCUT2D eigenvalue weighted by molar-refractivity contribution is 5.96. The summed E-state index contributed by atoms with van der Waals surface area (Å²) >= 11 is 0. The number of piperazine rings is 1. The van der Waals surface area contributed by atoms with Gasteiger partial charge in [-0.1, -0.05) is 12.1 Å². The molecule has 0 spiro atoms. The highest BCUT2D eigenvalue weighted by Crippen LogP contribution is 2.18. The van der Waals surface area contributed by atoms with Crippen LogP contribution in [0.3, 0.4) is 0 Å². The average Bonchev–Trinajstić information content (AvgIpc) is 2.72. The van der Waals surface area contributed by atoms with Crippen molar-refractivity contribution in [1.82, 2.24) is 10.2 Å².